The second-order valence-electron chi connectivity index (χ2n) is 5.72. The van der Waals surface area contributed by atoms with Gasteiger partial charge in [-0.25, -0.2) is 8.42 Å². The predicted octanol–water partition coefficient (Wildman–Crippen LogP) is 2.12. The van der Waals surface area contributed by atoms with Crippen LogP contribution < -0.4 is 5.32 Å². The highest BCUT2D eigenvalue weighted by atomic mass is 32.2. The molecule has 1 heterocycles. The highest BCUT2D eigenvalue weighted by Crippen LogP contribution is 2.20. The molecule has 2 aromatic rings. The predicted molar refractivity (Wildman–Crippen MR) is 93.5 cm³/mol. The Morgan fingerprint density at radius 3 is 2.29 bits per heavy atom. The Bertz CT molecular complexity index is 790. The molecule has 2 rings (SSSR count). The minimum atomic E-state index is -3.20. The lowest BCUT2D eigenvalue weighted by Crippen LogP contribution is -2.32. The number of carbonyl (C=O) groups excluding carboxylic acids is 1. The van der Waals surface area contributed by atoms with Crippen LogP contribution in [0, 0.1) is 0 Å². The number of hydrogen-bond acceptors (Lipinski definition) is 5. The molecule has 7 heteroatoms. The molecule has 0 fully saturated rings. The lowest BCUT2D eigenvalue weighted by atomic mass is 10.1. The zero-order valence-corrected chi connectivity index (χ0v) is 14.7. The van der Waals surface area contributed by atoms with Gasteiger partial charge >= 0.3 is 0 Å². The fraction of sp³-hybridized carbons (Fsp3) is 0.294. The molecular formula is C17H21N3O3S. The molecule has 1 atom stereocenters. The molecule has 0 aliphatic rings. The molecule has 1 aromatic carbocycles. The third kappa shape index (κ3) is 4.87. The van der Waals surface area contributed by atoms with Crippen molar-refractivity contribution in [1.29, 1.82) is 0 Å². The first-order valence-corrected chi connectivity index (χ1v) is 9.36. The van der Waals surface area contributed by atoms with Gasteiger partial charge in [0.15, 0.2) is 9.84 Å². The number of sulfone groups is 1. The normalized spacial score (nSPS) is 12.8. The van der Waals surface area contributed by atoms with Crippen LogP contribution in [-0.4, -0.2) is 44.1 Å². The number of nitrogens with zero attached hydrogens (tertiary/aromatic N) is 2. The number of hydrogen-bond donors (Lipinski definition) is 1. The standard InChI is InChI=1S/C17H21N3O3S/c1-13(14-4-6-16(7-5-14)24(3,22)23)20(2)12-17(21)19-15-8-10-18-11-9-15/h4-11,13H,12H2,1-3H3,(H,18,19,21)/t13-/m1/s1. The lowest BCUT2D eigenvalue weighted by molar-refractivity contribution is -0.117. The first-order valence-electron chi connectivity index (χ1n) is 7.47. The molecule has 0 bridgehead atoms. The quantitative estimate of drug-likeness (QED) is 0.866. The first-order chi connectivity index (χ1) is 11.3. The van der Waals surface area contributed by atoms with Gasteiger partial charge in [0.1, 0.15) is 0 Å². The van der Waals surface area contributed by atoms with Gasteiger partial charge in [0, 0.05) is 30.4 Å². The summed E-state index contributed by atoms with van der Waals surface area (Å²) in [4.78, 5) is 18.2. The van der Waals surface area contributed by atoms with E-state index in [1.165, 1.54) is 6.26 Å². The summed E-state index contributed by atoms with van der Waals surface area (Å²) in [5.41, 5.74) is 1.65. The molecule has 0 aliphatic heterocycles. The van der Waals surface area contributed by atoms with Gasteiger partial charge in [0.05, 0.1) is 11.4 Å². The molecule has 128 valence electrons. The van der Waals surface area contributed by atoms with E-state index in [1.54, 1.807) is 48.8 Å². The number of amides is 1. The van der Waals surface area contributed by atoms with Gasteiger partial charge in [-0.15, -0.1) is 0 Å². The van der Waals surface area contributed by atoms with Crippen molar-refractivity contribution in [3.05, 3.63) is 54.4 Å². The number of carbonyl (C=O) groups is 1. The van der Waals surface area contributed by atoms with Crippen molar-refractivity contribution in [2.24, 2.45) is 0 Å². The van der Waals surface area contributed by atoms with Crippen LogP contribution in [0.4, 0.5) is 5.69 Å². The van der Waals surface area contributed by atoms with Crippen molar-refractivity contribution >= 4 is 21.4 Å². The molecular weight excluding hydrogens is 326 g/mol. The third-order valence-corrected chi connectivity index (χ3v) is 4.94. The van der Waals surface area contributed by atoms with E-state index < -0.39 is 9.84 Å². The van der Waals surface area contributed by atoms with Gasteiger partial charge in [-0.2, -0.15) is 0 Å². The Hall–Kier alpha value is -2.25. The van der Waals surface area contributed by atoms with E-state index in [1.807, 2.05) is 18.9 Å². The van der Waals surface area contributed by atoms with Crippen LogP contribution >= 0.6 is 0 Å². The van der Waals surface area contributed by atoms with E-state index in [4.69, 9.17) is 0 Å². The number of pyridine rings is 1. The van der Waals surface area contributed by atoms with Crippen LogP contribution in [0.2, 0.25) is 0 Å². The molecule has 24 heavy (non-hydrogen) atoms. The molecule has 1 N–H and O–H groups in total. The Morgan fingerprint density at radius 1 is 1.17 bits per heavy atom. The van der Waals surface area contributed by atoms with Gasteiger partial charge in [0.2, 0.25) is 5.91 Å². The summed E-state index contributed by atoms with van der Waals surface area (Å²) >= 11 is 0. The second-order valence-corrected chi connectivity index (χ2v) is 7.73. The van der Waals surface area contributed by atoms with Gasteiger partial charge in [0.25, 0.3) is 0 Å². The number of likely N-dealkylation sites (N-methyl/N-ethyl adjacent to an activating group) is 1. The summed E-state index contributed by atoms with van der Waals surface area (Å²) in [5, 5.41) is 2.81. The largest absolute Gasteiger partial charge is 0.325 e. The summed E-state index contributed by atoms with van der Waals surface area (Å²) in [7, 11) is -1.35. The number of anilines is 1. The highest BCUT2D eigenvalue weighted by molar-refractivity contribution is 7.90. The monoisotopic (exact) mass is 347 g/mol. The lowest BCUT2D eigenvalue weighted by Gasteiger charge is -2.24. The minimum Gasteiger partial charge on any atom is -0.325 e. The molecule has 1 aromatic heterocycles. The van der Waals surface area contributed by atoms with E-state index >= 15 is 0 Å². The zero-order chi connectivity index (χ0) is 17.7. The van der Waals surface area contributed by atoms with Crippen LogP contribution in [0.5, 0.6) is 0 Å². The maximum Gasteiger partial charge on any atom is 0.238 e. The second kappa shape index (κ2) is 7.55. The minimum absolute atomic E-state index is 0.0261. The Balaban J connectivity index is 1.98. The number of rotatable bonds is 6. The van der Waals surface area contributed by atoms with Crippen molar-refractivity contribution in [3.8, 4) is 0 Å². The summed E-state index contributed by atoms with van der Waals surface area (Å²) < 4.78 is 23.0. The fourth-order valence-corrected chi connectivity index (χ4v) is 2.88. The fourth-order valence-electron chi connectivity index (χ4n) is 2.25. The molecule has 0 radical (unpaired) electrons. The summed E-state index contributed by atoms with van der Waals surface area (Å²) in [6.07, 6.45) is 4.41. The number of benzene rings is 1. The van der Waals surface area contributed by atoms with Gasteiger partial charge in [-0.05, 0) is 43.8 Å². The third-order valence-electron chi connectivity index (χ3n) is 3.81. The maximum absolute atomic E-state index is 12.1. The van der Waals surface area contributed by atoms with Gasteiger partial charge in [-0.1, -0.05) is 12.1 Å². The van der Waals surface area contributed by atoms with Crippen LogP contribution in [-0.2, 0) is 14.6 Å². The molecule has 0 spiro atoms. The molecule has 0 saturated heterocycles. The molecule has 0 unspecified atom stereocenters. The van der Waals surface area contributed by atoms with Crippen molar-refractivity contribution < 1.29 is 13.2 Å². The smallest absolute Gasteiger partial charge is 0.238 e. The van der Waals surface area contributed by atoms with Crippen LogP contribution in [0.25, 0.3) is 0 Å². The van der Waals surface area contributed by atoms with Crippen molar-refractivity contribution in [3.63, 3.8) is 0 Å². The van der Waals surface area contributed by atoms with Crippen LogP contribution in [0.15, 0.2) is 53.7 Å². The van der Waals surface area contributed by atoms with Gasteiger partial charge in [-0.3, -0.25) is 14.7 Å². The summed E-state index contributed by atoms with van der Waals surface area (Å²) in [6, 6.07) is 10.2. The number of nitrogens with one attached hydrogen (secondary N) is 1. The molecule has 0 aliphatic carbocycles. The van der Waals surface area contributed by atoms with Crippen LogP contribution in [0.3, 0.4) is 0 Å². The van der Waals surface area contributed by atoms with E-state index in [2.05, 4.69) is 10.3 Å². The van der Waals surface area contributed by atoms with E-state index in [0.29, 0.717) is 5.69 Å². The number of aromatic nitrogens is 1. The van der Waals surface area contributed by atoms with Crippen molar-refractivity contribution in [1.82, 2.24) is 9.88 Å². The Morgan fingerprint density at radius 2 is 1.75 bits per heavy atom. The first kappa shape index (κ1) is 18.1. The Labute approximate surface area is 142 Å². The highest BCUT2D eigenvalue weighted by Gasteiger charge is 2.16. The average Bonchev–Trinajstić information content (AvgIpc) is 2.54. The molecule has 6 nitrogen and oxygen atoms in total. The van der Waals surface area contributed by atoms with E-state index in [-0.39, 0.29) is 23.4 Å². The summed E-state index contributed by atoms with van der Waals surface area (Å²) in [5.74, 6) is -0.122. The van der Waals surface area contributed by atoms with Crippen LogP contribution in [0.1, 0.15) is 18.5 Å². The van der Waals surface area contributed by atoms with E-state index in [9.17, 15) is 13.2 Å². The molecule has 1 amide bonds. The summed E-state index contributed by atoms with van der Waals surface area (Å²) in [6.45, 7) is 2.19. The topological polar surface area (TPSA) is 79.4 Å². The van der Waals surface area contributed by atoms with Crippen molar-refractivity contribution in [2.75, 3.05) is 25.2 Å². The SMILES string of the molecule is C[C@H](c1ccc(S(C)(=O)=O)cc1)N(C)CC(=O)Nc1ccncc1. The maximum atomic E-state index is 12.1. The molecule has 0 saturated carbocycles. The average molecular weight is 347 g/mol. The van der Waals surface area contributed by atoms with E-state index in [0.717, 1.165) is 5.56 Å². The van der Waals surface area contributed by atoms with Crippen molar-refractivity contribution in [2.45, 2.75) is 17.9 Å². The van der Waals surface area contributed by atoms with Gasteiger partial charge < -0.3 is 5.32 Å². The Kier molecular flexibility index (Phi) is 5.69. The zero-order valence-electron chi connectivity index (χ0n) is 13.9.